The highest BCUT2D eigenvalue weighted by molar-refractivity contribution is 9.10. The van der Waals surface area contributed by atoms with Crippen LogP contribution >= 0.6 is 15.9 Å². The molecule has 7 heteroatoms. The number of pyridine rings is 1. The first-order valence-electron chi connectivity index (χ1n) is 8.71. The summed E-state index contributed by atoms with van der Waals surface area (Å²) in [5.74, 6) is 0.420. The fourth-order valence-electron chi connectivity index (χ4n) is 2.50. The molecule has 3 aromatic rings. The molecule has 0 saturated heterocycles. The summed E-state index contributed by atoms with van der Waals surface area (Å²) >= 11 is 3.35. The number of amides is 2. The Bertz CT molecular complexity index is 921. The van der Waals surface area contributed by atoms with Crippen molar-refractivity contribution in [2.45, 2.75) is 13.0 Å². The lowest BCUT2D eigenvalue weighted by Crippen LogP contribution is -2.28. The molecule has 0 aliphatic rings. The summed E-state index contributed by atoms with van der Waals surface area (Å²) in [5.41, 5.74) is 2.57. The van der Waals surface area contributed by atoms with Crippen LogP contribution in [0.3, 0.4) is 0 Å². The second kappa shape index (κ2) is 9.85. The van der Waals surface area contributed by atoms with Gasteiger partial charge >= 0.3 is 6.03 Å². The van der Waals surface area contributed by atoms with Crippen LogP contribution in [0, 0.1) is 5.82 Å². The Kier molecular flexibility index (Phi) is 6.97. The minimum Gasteiger partial charge on any atom is -0.493 e. The summed E-state index contributed by atoms with van der Waals surface area (Å²) in [7, 11) is 0. The molecule has 2 amide bonds. The standard InChI is InChI=1S/C21H19BrFN3O2/c22-20-12-17(23)4-3-16(20)9-11-28-19-7-5-18(6-8-19)26-21(27)25-14-15-2-1-10-24-13-15/h1-8,10,12-13H,9,11,14H2,(H2,25,26,27). The number of urea groups is 1. The molecule has 0 radical (unpaired) electrons. The molecule has 0 aliphatic carbocycles. The molecule has 1 heterocycles. The average molecular weight is 444 g/mol. The van der Waals surface area contributed by atoms with Gasteiger partial charge in [-0.25, -0.2) is 9.18 Å². The van der Waals surface area contributed by atoms with Crippen LogP contribution in [-0.2, 0) is 13.0 Å². The molecule has 0 unspecified atom stereocenters. The highest BCUT2D eigenvalue weighted by atomic mass is 79.9. The lowest BCUT2D eigenvalue weighted by molar-refractivity contribution is 0.251. The first kappa shape index (κ1) is 19.8. The summed E-state index contributed by atoms with van der Waals surface area (Å²) in [5, 5.41) is 5.54. The van der Waals surface area contributed by atoms with Crippen molar-refractivity contribution in [3.63, 3.8) is 0 Å². The number of carbonyl (C=O) groups excluding carboxylic acids is 1. The molecule has 0 fully saturated rings. The molecule has 2 N–H and O–H groups in total. The van der Waals surface area contributed by atoms with E-state index in [1.807, 2.05) is 12.1 Å². The molecule has 28 heavy (non-hydrogen) atoms. The molecule has 0 aliphatic heterocycles. The third-order valence-corrected chi connectivity index (χ3v) is 4.68. The van der Waals surface area contributed by atoms with E-state index < -0.39 is 0 Å². The average Bonchev–Trinajstić information content (AvgIpc) is 2.70. The van der Waals surface area contributed by atoms with Gasteiger partial charge in [-0.2, -0.15) is 0 Å². The minimum atomic E-state index is -0.293. The topological polar surface area (TPSA) is 63.2 Å². The number of hydrogen-bond donors (Lipinski definition) is 2. The normalized spacial score (nSPS) is 10.4. The maximum Gasteiger partial charge on any atom is 0.319 e. The smallest absolute Gasteiger partial charge is 0.319 e. The van der Waals surface area contributed by atoms with Crippen molar-refractivity contribution in [3.05, 3.63) is 88.4 Å². The van der Waals surface area contributed by atoms with Crippen molar-refractivity contribution in [2.75, 3.05) is 11.9 Å². The highest BCUT2D eigenvalue weighted by Gasteiger charge is 2.04. The van der Waals surface area contributed by atoms with Gasteiger partial charge in [0.05, 0.1) is 6.61 Å². The van der Waals surface area contributed by atoms with Crippen molar-refractivity contribution in [1.82, 2.24) is 10.3 Å². The van der Waals surface area contributed by atoms with Gasteiger partial charge in [-0.1, -0.05) is 28.1 Å². The molecule has 5 nitrogen and oxygen atoms in total. The van der Waals surface area contributed by atoms with Crippen LogP contribution in [0.25, 0.3) is 0 Å². The fraction of sp³-hybridized carbons (Fsp3) is 0.143. The third kappa shape index (κ3) is 6.06. The van der Waals surface area contributed by atoms with Crippen LogP contribution in [-0.4, -0.2) is 17.6 Å². The second-order valence-electron chi connectivity index (χ2n) is 6.03. The predicted octanol–water partition coefficient (Wildman–Crippen LogP) is 4.93. The van der Waals surface area contributed by atoms with E-state index in [-0.39, 0.29) is 11.8 Å². The molecular weight excluding hydrogens is 425 g/mol. The Balaban J connectivity index is 1.43. The second-order valence-corrected chi connectivity index (χ2v) is 6.88. The first-order chi connectivity index (χ1) is 13.6. The van der Waals surface area contributed by atoms with Gasteiger partial charge in [-0.05, 0) is 53.6 Å². The molecule has 3 rings (SSSR count). The zero-order chi connectivity index (χ0) is 19.8. The Hall–Kier alpha value is -2.93. The Labute approximate surface area is 171 Å². The lowest BCUT2D eigenvalue weighted by atomic mass is 10.1. The monoisotopic (exact) mass is 443 g/mol. The SMILES string of the molecule is O=C(NCc1cccnc1)Nc1ccc(OCCc2ccc(F)cc2Br)cc1. The number of anilines is 1. The quantitative estimate of drug-likeness (QED) is 0.544. The number of nitrogens with zero attached hydrogens (tertiary/aromatic N) is 1. The summed E-state index contributed by atoms with van der Waals surface area (Å²) in [6.45, 7) is 0.864. The maximum absolute atomic E-state index is 13.1. The van der Waals surface area contributed by atoms with E-state index in [2.05, 4.69) is 31.5 Å². The molecule has 0 saturated carbocycles. The minimum absolute atomic E-state index is 0.274. The first-order valence-corrected chi connectivity index (χ1v) is 9.50. The summed E-state index contributed by atoms with van der Waals surface area (Å²) < 4.78 is 19.5. The van der Waals surface area contributed by atoms with Crippen molar-refractivity contribution >= 4 is 27.6 Å². The Morgan fingerprint density at radius 3 is 2.68 bits per heavy atom. The van der Waals surface area contributed by atoms with E-state index in [9.17, 15) is 9.18 Å². The van der Waals surface area contributed by atoms with Gasteiger partial charge in [0.25, 0.3) is 0 Å². The van der Waals surface area contributed by atoms with Gasteiger partial charge in [-0.3, -0.25) is 4.98 Å². The Morgan fingerprint density at radius 1 is 1.14 bits per heavy atom. The maximum atomic E-state index is 13.1. The number of benzene rings is 2. The molecule has 0 spiro atoms. The van der Waals surface area contributed by atoms with E-state index in [4.69, 9.17) is 4.74 Å². The number of nitrogens with one attached hydrogen (secondary N) is 2. The number of hydrogen-bond acceptors (Lipinski definition) is 3. The fourth-order valence-corrected chi connectivity index (χ4v) is 3.05. The van der Waals surface area contributed by atoms with E-state index >= 15 is 0 Å². The van der Waals surface area contributed by atoms with Gasteiger partial charge in [0.15, 0.2) is 0 Å². The van der Waals surface area contributed by atoms with Crippen LogP contribution in [0.1, 0.15) is 11.1 Å². The van der Waals surface area contributed by atoms with Gasteiger partial charge in [0.1, 0.15) is 11.6 Å². The molecule has 1 aromatic heterocycles. The molecule has 144 valence electrons. The van der Waals surface area contributed by atoms with Gasteiger partial charge in [0.2, 0.25) is 0 Å². The lowest BCUT2D eigenvalue weighted by Gasteiger charge is -2.10. The number of carbonyl (C=O) groups is 1. The summed E-state index contributed by atoms with van der Waals surface area (Å²) in [6.07, 6.45) is 4.04. The summed E-state index contributed by atoms with van der Waals surface area (Å²) in [6, 6.07) is 15.1. The third-order valence-electron chi connectivity index (χ3n) is 3.94. The van der Waals surface area contributed by atoms with E-state index in [0.717, 1.165) is 15.6 Å². The van der Waals surface area contributed by atoms with E-state index in [0.29, 0.717) is 31.0 Å². The highest BCUT2D eigenvalue weighted by Crippen LogP contribution is 2.20. The van der Waals surface area contributed by atoms with Crippen molar-refractivity contribution in [2.24, 2.45) is 0 Å². The zero-order valence-corrected chi connectivity index (χ0v) is 16.6. The van der Waals surface area contributed by atoms with Crippen LogP contribution < -0.4 is 15.4 Å². The Morgan fingerprint density at radius 2 is 1.96 bits per heavy atom. The number of aromatic nitrogens is 1. The van der Waals surface area contributed by atoms with Crippen LogP contribution in [0.5, 0.6) is 5.75 Å². The van der Waals surface area contributed by atoms with Gasteiger partial charge in [0, 0.05) is 35.5 Å². The molecule has 0 atom stereocenters. The van der Waals surface area contributed by atoms with Crippen LogP contribution in [0.2, 0.25) is 0 Å². The predicted molar refractivity (Wildman–Crippen MR) is 110 cm³/mol. The summed E-state index contributed by atoms with van der Waals surface area (Å²) in [4.78, 5) is 16.0. The van der Waals surface area contributed by atoms with Crippen molar-refractivity contribution in [1.29, 1.82) is 0 Å². The molecule has 0 bridgehead atoms. The number of rotatable bonds is 7. The van der Waals surface area contributed by atoms with E-state index in [1.54, 1.807) is 42.7 Å². The van der Waals surface area contributed by atoms with Crippen molar-refractivity contribution in [3.8, 4) is 5.75 Å². The van der Waals surface area contributed by atoms with Gasteiger partial charge in [-0.15, -0.1) is 0 Å². The van der Waals surface area contributed by atoms with Crippen LogP contribution in [0.4, 0.5) is 14.9 Å². The number of halogens is 2. The zero-order valence-electron chi connectivity index (χ0n) is 15.0. The number of ether oxygens (including phenoxy) is 1. The van der Waals surface area contributed by atoms with Crippen molar-refractivity contribution < 1.29 is 13.9 Å². The van der Waals surface area contributed by atoms with Crippen LogP contribution in [0.15, 0.2) is 71.5 Å². The largest absolute Gasteiger partial charge is 0.493 e. The van der Waals surface area contributed by atoms with Gasteiger partial charge < -0.3 is 15.4 Å². The molecular formula is C21H19BrFN3O2. The van der Waals surface area contributed by atoms with E-state index in [1.165, 1.54) is 12.1 Å². The molecule has 2 aromatic carbocycles.